The Morgan fingerprint density at radius 2 is 1.77 bits per heavy atom. The summed E-state index contributed by atoms with van der Waals surface area (Å²) in [6, 6.07) is 0. The molecule has 0 nitrogen and oxygen atoms in total. The molecular weight excluding hydrogens is 156 g/mol. The molecule has 4 unspecified atom stereocenters. The molecule has 0 heteroatoms. The molecule has 1 saturated carbocycles. The summed E-state index contributed by atoms with van der Waals surface area (Å²) < 4.78 is 0. The van der Waals surface area contributed by atoms with E-state index in [2.05, 4.69) is 27.7 Å². The average molecular weight is 182 g/mol. The van der Waals surface area contributed by atoms with Gasteiger partial charge in [-0.1, -0.05) is 47.0 Å². The lowest BCUT2D eigenvalue weighted by Crippen LogP contribution is -2.16. The normalized spacial score (nSPS) is 41.5. The molecule has 1 rings (SSSR count). The second-order valence-corrected chi connectivity index (χ2v) is 5.30. The topological polar surface area (TPSA) is 0 Å². The van der Waals surface area contributed by atoms with Gasteiger partial charge in [-0.2, -0.15) is 0 Å². The molecule has 0 N–H and O–H groups in total. The summed E-state index contributed by atoms with van der Waals surface area (Å²) in [5.74, 6) is 3.91. The van der Waals surface area contributed by atoms with Crippen LogP contribution in [0.2, 0.25) is 0 Å². The molecule has 78 valence electrons. The Kier molecular flexibility index (Phi) is 4.28. The van der Waals surface area contributed by atoms with E-state index < -0.39 is 0 Å². The Hall–Kier alpha value is 0. The van der Waals surface area contributed by atoms with Gasteiger partial charge < -0.3 is 0 Å². The molecule has 0 aromatic heterocycles. The maximum atomic E-state index is 2.48. The van der Waals surface area contributed by atoms with Crippen molar-refractivity contribution in [2.24, 2.45) is 23.7 Å². The molecule has 4 atom stereocenters. The molecule has 1 aliphatic rings. The van der Waals surface area contributed by atoms with E-state index >= 15 is 0 Å². The second-order valence-electron chi connectivity index (χ2n) is 5.30. The summed E-state index contributed by atoms with van der Waals surface area (Å²) in [7, 11) is 0. The molecule has 0 bridgehead atoms. The van der Waals surface area contributed by atoms with Crippen molar-refractivity contribution in [1.82, 2.24) is 0 Å². The summed E-state index contributed by atoms with van der Waals surface area (Å²) in [5, 5.41) is 0. The molecule has 1 fully saturated rings. The lowest BCUT2D eigenvalue weighted by Gasteiger charge is -2.25. The molecule has 0 heterocycles. The van der Waals surface area contributed by atoms with Gasteiger partial charge in [-0.05, 0) is 36.5 Å². The highest BCUT2D eigenvalue weighted by Crippen LogP contribution is 2.37. The van der Waals surface area contributed by atoms with Crippen LogP contribution in [0.1, 0.15) is 59.8 Å². The van der Waals surface area contributed by atoms with Crippen LogP contribution in [0.25, 0.3) is 0 Å². The van der Waals surface area contributed by atoms with Gasteiger partial charge in [-0.3, -0.25) is 0 Å². The van der Waals surface area contributed by atoms with Crippen LogP contribution < -0.4 is 0 Å². The molecule has 13 heavy (non-hydrogen) atoms. The van der Waals surface area contributed by atoms with E-state index in [-0.39, 0.29) is 0 Å². The van der Waals surface area contributed by atoms with Gasteiger partial charge in [0.1, 0.15) is 0 Å². The van der Waals surface area contributed by atoms with Crippen LogP contribution in [0.4, 0.5) is 0 Å². The van der Waals surface area contributed by atoms with Crippen molar-refractivity contribution in [1.29, 1.82) is 0 Å². The van der Waals surface area contributed by atoms with Crippen molar-refractivity contribution >= 4 is 0 Å². The maximum absolute atomic E-state index is 2.48. The summed E-state index contributed by atoms with van der Waals surface area (Å²) >= 11 is 0. The Balaban J connectivity index is 2.53. The van der Waals surface area contributed by atoms with Gasteiger partial charge in [-0.15, -0.1) is 0 Å². The summed E-state index contributed by atoms with van der Waals surface area (Å²) in [5.41, 5.74) is 0. The quantitative estimate of drug-likeness (QED) is 0.552. The zero-order valence-electron chi connectivity index (χ0n) is 9.84. The Bertz CT molecular complexity index is 139. The zero-order valence-corrected chi connectivity index (χ0v) is 9.84. The van der Waals surface area contributed by atoms with E-state index in [1.54, 1.807) is 0 Å². The van der Waals surface area contributed by atoms with Crippen LogP contribution in [0.3, 0.4) is 0 Å². The smallest absolute Gasteiger partial charge is 0.0386 e. The van der Waals surface area contributed by atoms with Crippen LogP contribution in [-0.4, -0.2) is 0 Å². The number of rotatable bonds is 2. The van der Waals surface area contributed by atoms with Gasteiger partial charge in [0, 0.05) is 0 Å². The van der Waals surface area contributed by atoms with Gasteiger partial charge in [0.2, 0.25) is 0 Å². The van der Waals surface area contributed by atoms with Gasteiger partial charge in [-0.25, -0.2) is 0 Å². The third-order valence-electron chi connectivity index (χ3n) is 4.11. The molecule has 0 radical (unpaired) electrons. The molecule has 0 aromatic rings. The fraction of sp³-hybridized carbons (Fsp3) is 1.00. The standard InChI is InChI=1S/C13H26/c1-5-6-13-8-7-10(2)9-11(3)12(13)4/h10-13H,5-9H2,1-4H3. The van der Waals surface area contributed by atoms with Crippen molar-refractivity contribution in [3.05, 3.63) is 0 Å². The molecule has 0 aromatic carbocycles. The van der Waals surface area contributed by atoms with Crippen LogP contribution in [0, 0.1) is 23.7 Å². The molecule has 0 amide bonds. The minimum Gasteiger partial charge on any atom is -0.0654 e. The zero-order chi connectivity index (χ0) is 9.84. The lowest BCUT2D eigenvalue weighted by molar-refractivity contribution is 0.247. The summed E-state index contributed by atoms with van der Waals surface area (Å²) in [6.45, 7) is 9.68. The highest BCUT2D eigenvalue weighted by atomic mass is 14.3. The average Bonchev–Trinajstić information content (AvgIpc) is 2.19. The van der Waals surface area contributed by atoms with Crippen molar-refractivity contribution < 1.29 is 0 Å². The van der Waals surface area contributed by atoms with E-state index in [4.69, 9.17) is 0 Å². The third-order valence-corrected chi connectivity index (χ3v) is 4.11. The highest BCUT2D eigenvalue weighted by molar-refractivity contribution is 4.77. The van der Waals surface area contributed by atoms with E-state index in [1.807, 2.05) is 0 Å². The number of hydrogen-bond donors (Lipinski definition) is 0. The Morgan fingerprint density at radius 1 is 1.08 bits per heavy atom. The SMILES string of the molecule is CCCC1CCC(C)CC(C)C1C. The molecule has 0 spiro atoms. The third kappa shape index (κ3) is 3.00. The van der Waals surface area contributed by atoms with Crippen LogP contribution in [0.15, 0.2) is 0 Å². The lowest BCUT2D eigenvalue weighted by atomic mass is 9.80. The van der Waals surface area contributed by atoms with Crippen molar-refractivity contribution in [3.63, 3.8) is 0 Å². The first-order valence-electron chi connectivity index (χ1n) is 6.15. The van der Waals surface area contributed by atoms with Crippen molar-refractivity contribution in [2.45, 2.75) is 59.8 Å². The fourth-order valence-electron chi connectivity index (χ4n) is 2.97. The monoisotopic (exact) mass is 182 g/mol. The predicted octanol–water partition coefficient (Wildman–Crippen LogP) is 4.49. The summed E-state index contributed by atoms with van der Waals surface area (Å²) in [4.78, 5) is 0. The van der Waals surface area contributed by atoms with Crippen LogP contribution in [-0.2, 0) is 0 Å². The first-order chi connectivity index (χ1) is 6.15. The molecule has 0 aliphatic heterocycles. The van der Waals surface area contributed by atoms with Gasteiger partial charge in [0.05, 0.1) is 0 Å². The van der Waals surface area contributed by atoms with Gasteiger partial charge in [0.25, 0.3) is 0 Å². The van der Waals surface area contributed by atoms with Crippen LogP contribution in [0.5, 0.6) is 0 Å². The van der Waals surface area contributed by atoms with E-state index in [0.717, 1.165) is 23.7 Å². The Labute approximate surface area is 84.1 Å². The minimum absolute atomic E-state index is 0.953. The molecule has 0 saturated heterocycles. The van der Waals surface area contributed by atoms with Crippen molar-refractivity contribution in [2.75, 3.05) is 0 Å². The van der Waals surface area contributed by atoms with E-state index in [0.29, 0.717) is 0 Å². The maximum Gasteiger partial charge on any atom is -0.0386 e. The van der Waals surface area contributed by atoms with E-state index in [9.17, 15) is 0 Å². The predicted molar refractivity (Wildman–Crippen MR) is 59.7 cm³/mol. The van der Waals surface area contributed by atoms with Gasteiger partial charge >= 0.3 is 0 Å². The van der Waals surface area contributed by atoms with Crippen molar-refractivity contribution in [3.8, 4) is 0 Å². The van der Waals surface area contributed by atoms with Crippen LogP contribution >= 0.6 is 0 Å². The largest absolute Gasteiger partial charge is 0.0654 e. The minimum atomic E-state index is 0.953. The number of hydrogen-bond acceptors (Lipinski definition) is 0. The Morgan fingerprint density at radius 3 is 2.38 bits per heavy atom. The summed E-state index contributed by atoms with van der Waals surface area (Å²) in [6.07, 6.45) is 7.25. The highest BCUT2D eigenvalue weighted by Gasteiger charge is 2.27. The second kappa shape index (κ2) is 5.02. The van der Waals surface area contributed by atoms with E-state index in [1.165, 1.54) is 32.1 Å². The fourth-order valence-corrected chi connectivity index (χ4v) is 2.97. The first kappa shape index (κ1) is 11.1. The first-order valence-corrected chi connectivity index (χ1v) is 6.15. The molecular formula is C13H26. The van der Waals surface area contributed by atoms with Gasteiger partial charge in [0.15, 0.2) is 0 Å². The molecule has 1 aliphatic carbocycles.